The maximum atomic E-state index is 12.6. The Morgan fingerprint density at radius 2 is 1.75 bits per heavy atom. The van der Waals surface area contributed by atoms with Crippen molar-refractivity contribution in [2.24, 2.45) is 0 Å². The van der Waals surface area contributed by atoms with Gasteiger partial charge in [-0.15, -0.1) is 0 Å². The molecule has 0 radical (unpaired) electrons. The van der Waals surface area contributed by atoms with Gasteiger partial charge in [0.1, 0.15) is 12.6 Å². The van der Waals surface area contributed by atoms with Crippen molar-refractivity contribution in [3.05, 3.63) is 59.7 Å². The number of methoxy groups -OCH3 is 2. The van der Waals surface area contributed by atoms with Crippen LogP contribution in [-0.4, -0.2) is 44.2 Å². The zero-order valence-corrected chi connectivity index (χ0v) is 16.6. The van der Waals surface area contributed by atoms with Crippen molar-refractivity contribution >= 4 is 12.0 Å². The van der Waals surface area contributed by atoms with E-state index in [4.69, 9.17) is 14.2 Å². The zero-order chi connectivity index (χ0) is 20.5. The van der Waals surface area contributed by atoms with E-state index in [2.05, 4.69) is 5.32 Å². The van der Waals surface area contributed by atoms with Gasteiger partial charge in [0.05, 0.1) is 14.2 Å². The lowest BCUT2D eigenvalue weighted by atomic mass is 10.1. The molecule has 0 aliphatic heterocycles. The van der Waals surface area contributed by atoms with Crippen LogP contribution in [0.25, 0.3) is 0 Å². The summed E-state index contributed by atoms with van der Waals surface area (Å²) in [6, 6.07) is 14.1. The smallest absolute Gasteiger partial charge is 0.408 e. The van der Waals surface area contributed by atoms with Gasteiger partial charge in [-0.05, 0) is 18.6 Å². The standard InChI is InChI=1S/C21H26N2O5/c1-15(22-21(25)28-14-16-9-6-5-7-10-16)20(24)23(2)13-17-11-8-12-18(26-3)19(17)27-4/h5-12,15H,13-14H2,1-4H3,(H,22,25)/t15-/m0/s1. The van der Waals surface area contributed by atoms with Gasteiger partial charge >= 0.3 is 6.09 Å². The van der Waals surface area contributed by atoms with Crippen LogP contribution in [0.4, 0.5) is 4.79 Å². The fraction of sp³-hybridized carbons (Fsp3) is 0.333. The van der Waals surface area contributed by atoms with Crippen LogP contribution < -0.4 is 14.8 Å². The number of alkyl carbamates (subject to hydrolysis) is 1. The molecular formula is C21H26N2O5. The molecule has 2 amide bonds. The summed E-state index contributed by atoms with van der Waals surface area (Å²) < 4.78 is 15.8. The Morgan fingerprint density at radius 3 is 2.39 bits per heavy atom. The van der Waals surface area contributed by atoms with Gasteiger partial charge in [0.2, 0.25) is 5.91 Å². The highest BCUT2D eigenvalue weighted by atomic mass is 16.5. The molecule has 0 bridgehead atoms. The lowest BCUT2D eigenvalue weighted by Gasteiger charge is -2.23. The molecular weight excluding hydrogens is 360 g/mol. The maximum absolute atomic E-state index is 12.6. The highest BCUT2D eigenvalue weighted by Crippen LogP contribution is 2.31. The first-order chi connectivity index (χ1) is 13.5. The van der Waals surface area contributed by atoms with Crippen LogP contribution in [0, 0.1) is 0 Å². The number of nitrogens with one attached hydrogen (secondary N) is 1. The Morgan fingerprint density at radius 1 is 1.04 bits per heavy atom. The Kier molecular flexibility index (Phi) is 7.68. The first kappa shape index (κ1) is 21.1. The van der Waals surface area contributed by atoms with E-state index >= 15 is 0 Å². The van der Waals surface area contributed by atoms with Gasteiger partial charge in [0, 0.05) is 19.2 Å². The predicted molar refractivity (Wildman–Crippen MR) is 105 cm³/mol. The van der Waals surface area contributed by atoms with E-state index in [-0.39, 0.29) is 12.5 Å². The monoisotopic (exact) mass is 386 g/mol. The molecule has 7 heteroatoms. The molecule has 1 atom stereocenters. The number of ether oxygens (including phenoxy) is 3. The summed E-state index contributed by atoms with van der Waals surface area (Å²) in [5, 5.41) is 2.56. The van der Waals surface area contributed by atoms with Gasteiger partial charge in [-0.3, -0.25) is 4.79 Å². The van der Waals surface area contributed by atoms with E-state index in [1.54, 1.807) is 34.3 Å². The number of hydrogen-bond acceptors (Lipinski definition) is 5. The molecule has 2 rings (SSSR count). The number of rotatable bonds is 8. The number of likely N-dealkylation sites (N-methyl/N-ethyl adjacent to an activating group) is 1. The molecule has 0 saturated heterocycles. The Hall–Kier alpha value is -3.22. The maximum Gasteiger partial charge on any atom is 0.408 e. The van der Waals surface area contributed by atoms with Crippen molar-refractivity contribution in [2.75, 3.05) is 21.3 Å². The second kappa shape index (κ2) is 10.2. The topological polar surface area (TPSA) is 77.1 Å². The van der Waals surface area contributed by atoms with Crippen LogP contribution in [0.3, 0.4) is 0 Å². The molecule has 0 aromatic heterocycles. The third-order valence-electron chi connectivity index (χ3n) is 4.19. The molecule has 0 spiro atoms. The van der Waals surface area contributed by atoms with Crippen molar-refractivity contribution in [2.45, 2.75) is 26.1 Å². The van der Waals surface area contributed by atoms with E-state index < -0.39 is 12.1 Å². The van der Waals surface area contributed by atoms with Gasteiger partial charge < -0.3 is 24.4 Å². The van der Waals surface area contributed by atoms with Crippen molar-refractivity contribution in [3.63, 3.8) is 0 Å². The lowest BCUT2D eigenvalue weighted by molar-refractivity contribution is -0.132. The molecule has 0 saturated carbocycles. The average molecular weight is 386 g/mol. The minimum atomic E-state index is -0.732. The van der Waals surface area contributed by atoms with Crippen molar-refractivity contribution < 1.29 is 23.8 Å². The van der Waals surface area contributed by atoms with E-state index in [9.17, 15) is 9.59 Å². The van der Waals surface area contributed by atoms with Crippen molar-refractivity contribution in [3.8, 4) is 11.5 Å². The van der Waals surface area contributed by atoms with Crippen LogP contribution in [0.5, 0.6) is 11.5 Å². The second-order valence-electron chi connectivity index (χ2n) is 6.27. The molecule has 0 heterocycles. The summed E-state index contributed by atoms with van der Waals surface area (Å²) >= 11 is 0. The molecule has 2 aromatic carbocycles. The minimum absolute atomic E-state index is 0.143. The molecule has 28 heavy (non-hydrogen) atoms. The third kappa shape index (κ3) is 5.64. The lowest BCUT2D eigenvalue weighted by Crippen LogP contribution is -2.45. The van der Waals surface area contributed by atoms with Crippen LogP contribution >= 0.6 is 0 Å². The van der Waals surface area contributed by atoms with Crippen molar-refractivity contribution in [1.29, 1.82) is 0 Å². The van der Waals surface area contributed by atoms with Gasteiger partial charge in [0.15, 0.2) is 11.5 Å². The molecule has 7 nitrogen and oxygen atoms in total. The largest absolute Gasteiger partial charge is 0.493 e. The first-order valence-electron chi connectivity index (χ1n) is 8.88. The van der Waals surface area contributed by atoms with Gasteiger partial charge in [-0.2, -0.15) is 0 Å². The molecule has 2 aromatic rings. The molecule has 0 aliphatic rings. The van der Waals surface area contributed by atoms with E-state index in [1.807, 2.05) is 42.5 Å². The quantitative estimate of drug-likeness (QED) is 0.755. The summed E-state index contributed by atoms with van der Waals surface area (Å²) in [5.41, 5.74) is 1.68. The second-order valence-corrected chi connectivity index (χ2v) is 6.27. The molecule has 1 N–H and O–H groups in total. The number of carbonyl (C=O) groups is 2. The van der Waals surface area contributed by atoms with E-state index in [0.717, 1.165) is 11.1 Å². The fourth-order valence-electron chi connectivity index (χ4n) is 2.75. The summed E-state index contributed by atoms with van der Waals surface area (Å²) in [4.78, 5) is 26.1. The molecule has 0 unspecified atom stereocenters. The third-order valence-corrected chi connectivity index (χ3v) is 4.19. The van der Waals surface area contributed by atoms with Crippen LogP contribution in [0.1, 0.15) is 18.1 Å². The SMILES string of the molecule is COc1cccc(CN(C)C(=O)[C@H](C)NC(=O)OCc2ccccc2)c1OC. The normalized spacial score (nSPS) is 11.3. The Bertz CT molecular complexity index is 795. The van der Waals surface area contributed by atoms with Gasteiger partial charge in [-0.1, -0.05) is 42.5 Å². The number of nitrogens with zero attached hydrogens (tertiary/aromatic N) is 1. The van der Waals surface area contributed by atoms with Crippen LogP contribution in [0.2, 0.25) is 0 Å². The zero-order valence-electron chi connectivity index (χ0n) is 16.6. The predicted octanol–water partition coefficient (Wildman–Crippen LogP) is 2.98. The fourth-order valence-corrected chi connectivity index (χ4v) is 2.75. The van der Waals surface area contributed by atoms with Crippen molar-refractivity contribution in [1.82, 2.24) is 10.2 Å². The molecule has 0 fully saturated rings. The summed E-state index contributed by atoms with van der Waals surface area (Å²) in [7, 11) is 4.77. The van der Waals surface area contributed by atoms with E-state index in [1.165, 1.54) is 4.90 Å². The van der Waals surface area contributed by atoms with Gasteiger partial charge in [-0.25, -0.2) is 4.79 Å². The highest BCUT2D eigenvalue weighted by Gasteiger charge is 2.22. The summed E-state index contributed by atoms with van der Waals surface area (Å²) in [6.07, 6.45) is -0.642. The number of hydrogen-bond donors (Lipinski definition) is 1. The van der Waals surface area contributed by atoms with Crippen LogP contribution in [-0.2, 0) is 22.7 Å². The average Bonchev–Trinajstić information content (AvgIpc) is 2.72. The minimum Gasteiger partial charge on any atom is -0.493 e. The Balaban J connectivity index is 1.91. The number of carbonyl (C=O) groups excluding carboxylic acids is 2. The molecule has 0 aliphatic carbocycles. The van der Waals surface area contributed by atoms with Crippen LogP contribution in [0.15, 0.2) is 48.5 Å². The summed E-state index contributed by atoms with van der Waals surface area (Å²) in [5.74, 6) is 0.922. The van der Waals surface area contributed by atoms with E-state index in [0.29, 0.717) is 18.0 Å². The highest BCUT2D eigenvalue weighted by molar-refractivity contribution is 5.85. The van der Waals surface area contributed by atoms with Gasteiger partial charge in [0.25, 0.3) is 0 Å². The number of amides is 2. The Labute approximate surface area is 165 Å². The molecule has 150 valence electrons. The summed E-state index contributed by atoms with van der Waals surface area (Å²) in [6.45, 7) is 2.07. The first-order valence-corrected chi connectivity index (χ1v) is 8.88. The number of para-hydroxylation sites is 1. The number of benzene rings is 2.